The number of rotatable bonds is 16. The van der Waals surface area contributed by atoms with E-state index in [1.54, 1.807) is 19.9 Å². The average molecular weight is 657 g/mol. The summed E-state index contributed by atoms with van der Waals surface area (Å²) in [5.41, 5.74) is 0. The lowest BCUT2D eigenvalue weighted by Gasteiger charge is -2.23. The zero-order valence-electron chi connectivity index (χ0n) is 26.4. The van der Waals surface area contributed by atoms with Gasteiger partial charge in [-0.05, 0) is 42.5 Å². The van der Waals surface area contributed by atoms with E-state index < -0.39 is 12.2 Å². The van der Waals surface area contributed by atoms with Gasteiger partial charge in [-0.15, -0.1) is 0 Å². The van der Waals surface area contributed by atoms with Crippen molar-refractivity contribution >= 4 is 45.1 Å². The van der Waals surface area contributed by atoms with Crippen molar-refractivity contribution in [3.63, 3.8) is 0 Å². The zero-order chi connectivity index (χ0) is 33.0. The molecule has 0 aromatic heterocycles. The molecule has 0 spiro atoms. The molecule has 8 nitrogen and oxygen atoms in total. The minimum atomic E-state index is -0.676. The lowest BCUT2D eigenvalue weighted by Crippen LogP contribution is -2.31. The Labute approximate surface area is 279 Å². The molecule has 5 rings (SSSR count). The van der Waals surface area contributed by atoms with Gasteiger partial charge in [-0.3, -0.25) is 9.59 Å². The van der Waals surface area contributed by atoms with Gasteiger partial charge >= 0.3 is 11.9 Å². The van der Waals surface area contributed by atoms with E-state index in [0.717, 1.165) is 16.2 Å². The topological polar surface area (TPSA) is 89.5 Å². The fraction of sp³-hybridized carbons (Fsp3) is 0.263. The molecule has 0 aliphatic carbocycles. The number of carbonyl (C=O) groups excluding carboxylic acids is 2. The quantitative estimate of drug-likeness (QED) is 0.0776. The summed E-state index contributed by atoms with van der Waals surface area (Å²) in [7, 11) is 0. The zero-order valence-corrected chi connectivity index (χ0v) is 27.1. The first-order valence-electron chi connectivity index (χ1n) is 15.6. The van der Waals surface area contributed by atoms with Crippen molar-refractivity contribution in [3.05, 3.63) is 108 Å². The molecule has 47 heavy (non-hydrogen) atoms. The number of hydrogen-bond donors (Lipinski definition) is 0. The van der Waals surface area contributed by atoms with Crippen LogP contribution in [0.25, 0.3) is 21.5 Å². The van der Waals surface area contributed by atoms with Gasteiger partial charge < -0.3 is 28.4 Å². The number of ether oxygens (including phenoxy) is 6. The maximum Gasteiger partial charge on any atom is 0.306 e. The molecular weight excluding hydrogens is 620 g/mol. The van der Waals surface area contributed by atoms with Gasteiger partial charge in [0.15, 0.2) is 12.2 Å². The average Bonchev–Trinajstić information content (AvgIpc) is 3.11. The van der Waals surface area contributed by atoms with Crippen LogP contribution in [-0.2, 0) is 19.1 Å². The fourth-order valence-corrected chi connectivity index (χ4v) is 5.09. The van der Waals surface area contributed by atoms with E-state index in [1.165, 1.54) is 0 Å². The molecule has 9 heteroatoms. The number of halogens is 1. The maximum atomic E-state index is 12.3. The largest absolute Gasteiger partial charge is 0.490 e. The number of esters is 2. The second-order valence-electron chi connectivity index (χ2n) is 10.7. The van der Waals surface area contributed by atoms with Crippen molar-refractivity contribution < 1.29 is 38.0 Å². The third kappa shape index (κ3) is 9.08. The first-order chi connectivity index (χ1) is 22.9. The highest BCUT2D eigenvalue weighted by molar-refractivity contribution is 6.31. The van der Waals surface area contributed by atoms with Gasteiger partial charge in [-0.1, -0.05) is 86.1 Å². The summed E-state index contributed by atoms with van der Waals surface area (Å²) in [5.74, 6) is 1.75. The van der Waals surface area contributed by atoms with Crippen molar-refractivity contribution in [1.82, 2.24) is 0 Å². The Hall–Kier alpha value is -4.95. The molecule has 0 aliphatic rings. The molecule has 244 valence electrons. The Morgan fingerprint density at radius 2 is 0.936 bits per heavy atom. The molecule has 0 amide bonds. The number of carbonyl (C=O) groups is 2. The molecule has 2 unspecified atom stereocenters. The van der Waals surface area contributed by atoms with E-state index in [4.69, 9.17) is 40.0 Å². The van der Waals surface area contributed by atoms with Crippen LogP contribution in [-0.4, -0.2) is 50.6 Å². The Bertz CT molecular complexity index is 1780. The molecule has 0 aliphatic heterocycles. The van der Waals surface area contributed by atoms with E-state index in [1.807, 2.05) is 97.1 Å². The molecule has 0 saturated carbocycles. The van der Waals surface area contributed by atoms with Gasteiger partial charge in [0.1, 0.15) is 49.4 Å². The van der Waals surface area contributed by atoms with E-state index in [-0.39, 0.29) is 51.2 Å². The Morgan fingerprint density at radius 3 is 1.40 bits per heavy atom. The molecule has 0 fully saturated rings. The van der Waals surface area contributed by atoms with Crippen molar-refractivity contribution in [2.24, 2.45) is 0 Å². The second-order valence-corrected chi connectivity index (χ2v) is 11.1. The van der Waals surface area contributed by atoms with E-state index >= 15 is 0 Å². The normalized spacial score (nSPS) is 12.2. The minimum Gasteiger partial charge on any atom is -0.490 e. The van der Waals surface area contributed by atoms with Crippen LogP contribution in [0, 0.1) is 0 Å². The van der Waals surface area contributed by atoms with Crippen LogP contribution >= 0.6 is 11.6 Å². The highest BCUT2D eigenvalue weighted by Crippen LogP contribution is 2.44. The highest BCUT2D eigenvalue weighted by atomic mass is 35.5. The van der Waals surface area contributed by atoms with Gasteiger partial charge in [0.05, 0.1) is 0 Å². The molecule has 5 aromatic carbocycles. The third-order valence-electron chi connectivity index (χ3n) is 7.25. The van der Waals surface area contributed by atoms with Crippen molar-refractivity contribution in [2.45, 2.75) is 38.9 Å². The number of benzene rings is 5. The highest BCUT2D eigenvalue weighted by Gasteiger charge is 2.22. The summed E-state index contributed by atoms with van der Waals surface area (Å²) in [6.45, 7) is 3.78. The maximum absolute atomic E-state index is 12.3. The van der Waals surface area contributed by atoms with Gasteiger partial charge in [-0.2, -0.15) is 0 Å². The van der Waals surface area contributed by atoms with E-state index in [0.29, 0.717) is 33.4 Å². The summed E-state index contributed by atoms with van der Waals surface area (Å²) in [4.78, 5) is 24.6. The summed E-state index contributed by atoms with van der Waals surface area (Å²) in [6, 6.07) is 31.8. The van der Waals surface area contributed by atoms with Crippen LogP contribution in [0.15, 0.2) is 103 Å². The monoisotopic (exact) mass is 656 g/mol. The van der Waals surface area contributed by atoms with Crippen molar-refractivity contribution in [2.75, 3.05) is 26.4 Å². The van der Waals surface area contributed by atoms with Crippen molar-refractivity contribution in [1.29, 1.82) is 0 Å². The standard InChI is InChI=1S/C38H37ClO8/c1-3-35(40)46-29(22-42-27-13-7-5-8-14-27)24-44-37-31-17-11-12-18-32(31)38(34-21-26(39)19-20-33(34)37)45-25-30(47-36(41)4-2)23-43-28-15-9-6-10-16-28/h5-21,29-30H,3-4,22-25H2,1-2H3. The first kappa shape index (κ1) is 33.4. The third-order valence-corrected chi connectivity index (χ3v) is 7.48. The Balaban J connectivity index is 1.43. The molecular formula is C38H37ClO8. The predicted molar refractivity (Wildman–Crippen MR) is 182 cm³/mol. The molecule has 0 bridgehead atoms. The van der Waals surface area contributed by atoms with Crippen LogP contribution in [0.4, 0.5) is 0 Å². The number of fused-ring (bicyclic) bond motifs is 2. The van der Waals surface area contributed by atoms with Crippen LogP contribution in [0.3, 0.4) is 0 Å². The van der Waals surface area contributed by atoms with Crippen molar-refractivity contribution in [3.8, 4) is 23.0 Å². The fourth-order valence-electron chi connectivity index (χ4n) is 4.92. The van der Waals surface area contributed by atoms with Crippen LogP contribution < -0.4 is 18.9 Å². The molecule has 0 heterocycles. The van der Waals surface area contributed by atoms with Gasteiger partial charge in [0.25, 0.3) is 0 Å². The Morgan fingerprint density at radius 1 is 0.532 bits per heavy atom. The van der Waals surface area contributed by atoms with Crippen LogP contribution in [0.1, 0.15) is 26.7 Å². The molecule has 2 atom stereocenters. The molecule has 5 aromatic rings. The lowest BCUT2D eigenvalue weighted by molar-refractivity contribution is -0.152. The van der Waals surface area contributed by atoms with E-state index in [9.17, 15) is 9.59 Å². The smallest absolute Gasteiger partial charge is 0.306 e. The number of hydrogen-bond acceptors (Lipinski definition) is 8. The molecule has 0 N–H and O–H groups in total. The molecule has 0 radical (unpaired) electrons. The van der Waals surface area contributed by atoms with Crippen LogP contribution in [0.2, 0.25) is 5.02 Å². The second kappa shape index (κ2) is 16.6. The predicted octanol–water partition coefficient (Wildman–Crippen LogP) is 8.21. The summed E-state index contributed by atoms with van der Waals surface area (Å²) < 4.78 is 36.1. The SMILES string of the molecule is CCC(=O)OC(COc1ccccc1)COc1c2ccccc2c(OCC(COc2ccccc2)OC(=O)CC)c2cc(Cl)ccc12. The first-order valence-corrected chi connectivity index (χ1v) is 16.0. The summed E-state index contributed by atoms with van der Waals surface area (Å²) >= 11 is 6.50. The number of para-hydroxylation sites is 2. The summed E-state index contributed by atoms with van der Waals surface area (Å²) in [6.07, 6.45) is -0.896. The van der Waals surface area contributed by atoms with Gasteiger partial charge in [0, 0.05) is 39.4 Å². The van der Waals surface area contributed by atoms with E-state index in [2.05, 4.69) is 0 Å². The Kier molecular flexibility index (Phi) is 11.8. The van der Waals surface area contributed by atoms with Gasteiger partial charge in [-0.25, -0.2) is 0 Å². The minimum absolute atomic E-state index is 0.0379. The molecule has 0 saturated heterocycles. The van der Waals surface area contributed by atoms with Gasteiger partial charge in [0.2, 0.25) is 0 Å². The lowest BCUT2D eigenvalue weighted by atomic mass is 10.0. The summed E-state index contributed by atoms with van der Waals surface area (Å²) in [5, 5.41) is 3.51. The van der Waals surface area contributed by atoms with Crippen LogP contribution in [0.5, 0.6) is 23.0 Å².